The van der Waals surface area contributed by atoms with Crippen molar-refractivity contribution in [1.82, 2.24) is 9.97 Å². The largest absolute Gasteiger partial charge is 0.318 e. The number of anilines is 2. The second-order valence-corrected chi connectivity index (χ2v) is 5.28. The fourth-order valence-corrected chi connectivity index (χ4v) is 2.57. The highest BCUT2D eigenvalue weighted by molar-refractivity contribution is 7.99. The van der Waals surface area contributed by atoms with E-state index in [1.54, 1.807) is 35.0 Å². The number of H-pyrrole nitrogens is 1. The Kier molecular flexibility index (Phi) is 5.31. The van der Waals surface area contributed by atoms with Gasteiger partial charge in [-0.2, -0.15) is 0 Å². The number of aromatic nitrogens is 3. The van der Waals surface area contributed by atoms with E-state index in [4.69, 9.17) is 5.73 Å². The molecular weight excluding hydrogens is 302 g/mol. The SMILES string of the molecule is C=CC[n+]1c(N)cc(=O)[nH]c1SCC(=O)Nc1ccccn1. The van der Waals surface area contributed by atoms with E-state index in [1.165, 1.54) is 17.8 Å². The average Bonchev–Trinajstić information content (AvgIpc) is 2.49. The van der Waals surface area contributed by atoms with Gasteiger partial charge < -0.3 is 11.1 Å². The molecule has 0 radical (unpaired) electrons. The highest BCUT2D eigenvalue weighted by Crippen LogP contribution is 2.11. The molecule has 0 spiro atoms. The number of pyridine rings is 1. The van der Waals surface area contributed by atoms with Gasteiger partial charge in [0.1, 0.15) is 5.82 Å². The minimum Gasteiger partial charge on any atom is -0.318 e. The van der Waals surface area contributed by atoms with Gasteiger partial charge in [0.15, 0.2) is 0 Å². The van der Waals surface area contributed by atoms with Crippen LogP contribution in [-0.2, 0) is 11.3 Å². The summed E-state index contributed by atoms with van der Waals surface area (Å²) >= 11 is 1.18. The van der Waals surface area contributed by atoms with Crippen LogP contribution in [0.5, 0.6) is 0 Å². The lowest BCUT2D eigenvalue weighted by atomic mass is 10.4. The maximum Gasteiger partial charge on any atom is 0.311 e. The number of hydrogen-bond donors (Lipinski definition) is 3. The Morgan fingerprint density at radius 1 is 1.55 bits per heavy atom. The second kappa shape index (κ2) is 7.41. The zero-order valence-electron chi connectivity index (χ0n) is 11.8. The van der Waals surface area contributed by atoms with Crippen molar-refractivity contribution in [3.63, 3.8) is 0 Å². The summed E-state index contributed by atoms with van der Waals surface area (Å²) in [6.07, 6.45) is 3.25. The topological polar surface area (TPSA) is 105 Å². The highest BCUT2D eigenvalue weighted by Gasteiger charge is 2.15. The number of aromatic amines is 1. The number of nitrogens with two attached hydrogens (primary N) is 1. The third-order valence-corrected chi connectivity index (χ3v) is 3.65. The monoisotopic (exact) mass is 318 g/mol. The number of carbonyl (C=O) groups is 1. The number of carbonyl (C=O) groups excluding carboxylic acids is 1. The number of allylic oxidation sites excluding steroid dienone is 1. The van der Waals surface area contributed by atoms with Gasteiger partial charge in [-0.3, -0.25) is 9.59 Å². The molecule has 2 aromatic rings. The van der Waals surface area contributed by atoms with Gasteiger partial charge in [-0.05, 0) is 23.9 Å². The Bertz CT molecular complexity index is 730. The van der Waals surface area contributed by atoms with Crippen LogP contribution in [0.2, 0.25) is 0 Å². The lowest BCUT2D eigenvalue weighted by Crippen LogP contribution is -2.42. The smallest absolute Gasteiger partial charge is 0.311 e. The van der Waals surface area contributed by atoms with Gasteiger partial charge in [-0.15, -0.1) is 0 Å². The minimum atomic E-state index is -0.314. The van der Waals surface area contributed by atoms with Crippen molar-refractivity contribution >= 4 is 29.3 Å². The fourth-order valence-electron chi connectivity index (χ4n) is 1.72. The van der Waals surface area contributed by atoms with E-state index in [9.17, 15) is 9.59 Å². The van der Waals surface area contributed by atoms with Gasteiger partial charge in [0.2, 0.25) is 11.7 Å². The number of nitrogen functional groups attached to an aromatic ring is 1. The molecule has 0 fully saturated rings. The lowest BCUT2D eigenvalue weighted by Gasteiger charge is -2.07. The Hall–Kier alpha value is -2.61. The van der Waals surface area contributed by atoms with Crippen LogP contribution in [0.4, 0.5) is 11.6 Å². The van der Waals surface area contributed by atoms with Crippen molar-refractivity contribution in [2.75, 3.05) is 16.8 Å². The van der Waals surface area contributed by atoms with E-state index in [2.05, 4.69) is 21.9 Å². The fraction of sp³-hybridized carbons (Fsp3) is 0.143. The maximum absolute atomic E-state index is 11.9. The third-order valence-electron chi connectivity index (χ3n) is 2.65. The molecule has 7 nitrogen and oxygen atoms in total. The molecule has 0 aliphatic carbocycles. The minimum absolute atomic E-state index is 0.118. The third kappa shape index (κ3) is 4.19. The first-order valence-corrected chi connectivity index (χ1v) is 7.46. The highest BCUT2D eigenvalue weighted by atomic mass is 32.2. The van der Waals surface area contributed by atoms with E-state index in [0.717, 1.165) is 0 Å². The number of nitrogens with one attached hydrogen (secondary N) is 2. The van der Waals surface area contributed by atoms with Gasteiger partial charge in [0.25, 0.3) is 5.16 Å². The Balaban J connectivity index is 2.06. The predicted octanol–water partition coefficient (Wildman–Crippen LogP) is 0.556. The van der Waals surface area contributed by atoms with Gasteiger partial charge >= 0.3 is 5.56 Å². The van der Waals surface area contributed by atoms with E-state index >= 15 is 0 Å². The van der Waals surface area contributed by atoms with E-state index in [1.807, 2.05) is 0 Å². The molecule has 0 saturated carbocycles. The van der Waals surface area contributed by atoms with Crippen LogP contribution in [0.3, 0.4) is 0 Å². The van der Waals surface area contributed by atoms with E-state index in [-0.39, 0.29) is 17.2 Å². The first kappa shape index (κ1) is 15.8. The summed E-state index contributed by atoms with van der Waals surface area (Å²) < 4.78 is 1.67. The van der Waals surface area contributed by atoms with Crippen molar-refractivity contribution in [2.24, 2.45) is 0 Å². The standard InChI is InChI=1S/C14H15N5O2S/c1-2-7-19-10(15)8-12(20)18-14(19)22-9-13(21)17-11-5-3-4-6-16-11/h2-6,8H,1,7,9H2,(H3,15,16,17,20,21)/p+1. The van der Waals surface area contributed by atoms with Crippen LogP contribution in [0.1, 0.15) is 0 Å². The molecule has 2 aromatic heterocycles. The maximum atomic E-state index is 11.9. The lowest BCUT2D eigenvalue weighted by molar-refractivity contribution is -0.714. The molecule has 114 valence electrons. The predicted molar refractivity (Wildman–Crippen MR) is 85.5 cm³/mol. The van der Waals surface area contributed by atoms with Crippen molar-refractivity contribution < 1.29 is 9.36 Å². The zero-order valence-corrected chi connectivity index (χ0v) is 12.6. The quantitative estimate of drug-likeness (QED) is 0.312. The molecule has 0 atom stereocenters. The normalized spacial score (nSPS) is 10.2. The van der Waals surface area contributed by atoms with Crippen molar-refractivity contribution in [3.8, 4) is 0 Å². The van der Waals surface area contributed by atoms with Crippen LogP contribution < -0.4 is 21.2 Å². The molecule has 0 bridgehead atoms. The Morgan fingerprint density at radius 3 is 3.05 bits per heavy atom. The van der Waals surface area contributed by atoms with Crippen LogP contribution in [-0.4, -0.2) is 21.6 Å². The summed E-state index contributed by atoms with van der Waals surface area (Å²) in [5.41, 5.74) is 5.50. The molecular formula is C14H16N5O2S+. The molecule has 2 rings (SSSR count). The van der Waals surface area contributed by atoms with Crippen LogP contribution >= 0.6 is 11.8 Å². The Morgan fingerprint density at radius 2 is 2.36 bits per heavy atom. The number of amides is 1. The average molecular weight is 318 g/mol. The number of nitrogens with zero attached hydrogens (tertiary/aromatic N) is 2. The van der Waals surface area contributed by atoms with Crippen molar-refractivity contribution in [2.45, 2.75) is 11.7 Å². The summed E-state index contributed by atoms with van der Waals surface area (Å²) in [4.78, 5) is 30.1. The molecule has 4 N–H and O–H groups in total. The van der Waals surface area contributed by atoms with Crippen molar-refractivity contribution in [3.05, 3.63) is 53.5 Å². The summed E-state index contributed by atoms with van der Waals surface area (Å²) in [6, 6.07) is 6.54. The summed E-state index contributed by atoms with van der Waals surface area (Å²) in [6.45, 7) is 4.08. The zero-order chi connectivity index (χ0) is 15.9. The Labute approximate surface area is 131 Å². The van der Waals surface area contributed by atoms with Crippen molar-refractivity contribution in [1.29, 1.82) is 0 Å². The first-order chi connectivity index (χ1) is 10.6. The van der Waals surface area contributed by atoms with Gasteiger partial charge in [-0.25, -0.2) is 14.5 Å². The van der Waals surface area contributed by atoms with Gasteiger partial charge in [0.05, 0.1) is 18.4 Å². The van der Waals surface area contributed by atoms with E-state index in [0.29, 0.717) is 23.3 Å². The molecule has 1 amide bonds. The molecule has 8 heteroatoms. The molecule has 0 aliphatic rings. The van der Waals surface area contributed by atoms with E-state index < -0.39 is 0 Å². The number of hydrogen-bond acceptors (Lipinski definition) is 5. The van der Waals surface area contributed by atoms with Gasteiger partial charge in [-0.1, -0.05) is 18.7 Å². The molecule has 2 heterocycles. The second-order valence-electron chi connectivity index (χ2n) is 4.31. The summed E-state index contributed by atoms with van der Waals surface area (Å²) in [5.74, 6) is 0.689. The van der Waals surface area contributed by atoms with Crippen LogP contribution in [0.15, 0.2) is 53.1 Å². The number of thioether (sulfide) groups is 1. The molecule has 0 aliphatic heterocycles. The molecule has 0 unspecified atom stereocenters. The molecule has 0 saturated heterocycles. The molecule has 0 aromatic carbocycles. The number of rotatable bonds is 6. The first-order valence-electron chi connectivity index (χ1n) is 6.47. The van der Waals surface area contributed by atoms with Crippen LogP contribution in [0, 0.1) is 0 Å². The summed E-state index contributed by atoms with van der Waals surface area (Å²) in [7, 11) is 0. The van der Waals surface area contributed by atoms with Gasteiger partial charge in [0, 0.05) is 6.20 Å². The summed E-state index contributed by atoms with van der Waals surface area (Å²) in [5, 5.41) is 3.17. The molecule has 22 heavy (non-hydrogen) atoms. The van der Waals surface area contributed by atoms with Crippen LogP contribution in [0.25, 0.3) is 0 Å².